The first-order valence-electron chi connectivity index (χ1n) is 15.3. The number of esters is 3. The predicted molar refractivity (Wildman–Crippen MR) is 146 cm³/mol. The van der Waals surface area contributed by atoms with Gasteiger partial charge < -0.3 is 19.3 Å². The molecule has 0 spiro atoms. The Balaban J connectivity index is 1.49. The van der Waals surface area contributed by atoms with E-state index in [1.807, 2.05) is 0 Å². The standard InChI is InChI=1S/C32H48O8/c1-18(33)38-20-16-22-29(4)12-10-23(39-26(37)17-24(34)35)28(2,3)21(29)9-14-30(22,5)31(6)13-8-19(27(20)31)32(7)15-11-25(36)40-32/h19-23,27H,8-17H2,1-7H3,(H,34,35)/t19-,20+,21+,22+,23+,27-,29-,30+,31+,32+/m1/s1. The van der Waals surface area contributed by atoms with E-state index in [1.165, 1.54) is 6.92 Å². The Labute approximate surface area is 238 Å². The Morgan fingerprint density at radius 2 is 1.57 bits per heavy atom. The van der Waals surface area contributed by atoms with Crippen LogP contribution in [0.1, 0.15) is 113 Å². The Morgan fingerprint density at radius 3 is 2.17 bits per heavy atom. The van der Waals surface area contributed by atoms with E-state index >= 15 is 0 Å². The van der Waals surface area contributed by atoms with E-state index in [1.54, 1.807) is 0 Å². The molecule has 1 N–H and O–H groups in total. The third-order valence-electron chi connectivity index (χ3n) is 13.1. The summed E-state index contributed by atoms with van der Waals surface area (Å²) < 4.78 is 18.0. The van der Waals surface area contributed by atoms with Gasteiger partial charge in [0.15, 0.2) is 0 Å². The van der Waals surface area contributed by atoms with Gasteiger partial charge in [0.05, 0.1) is 0 Å². The van der Waals surface area contributed by atoms with Crippen molar-refractivity contribution in [3.05, 3.63) is 0 Å². The van der Waals surface area contributed by atoms with Crippen molar-refractivity contribution in [3.63, 3.8) is 0 Å². The molecule has 5 rings (SSSR count). The molecule has 10 atom stereocenters. The summed E-state index contributed by atoms with van der Waals surface area (Å²) in [5.41, 5.74) is -0.971. The van der Waals surface area contributed by atoms with Crippen LogP contribution in [0, 0.1) is 45.3 Å². The van der Waals surface area contributed by atoms with Crippen LogP contribution in [-0.4, -0.2) is 46.8 Å². The van der Waals surface area contributed by atoms with Gasteiger partial charge in [-0.25, -0.2) is 0 Å². The van der Waals surface area contributed by atoms with Gasteiger partial charge in [0, 0.05) is 30.6 Å². The normalized spacial score (nSPS) is 47.3. The van der Waals surface area contributed by atoms with Crippen molar-refractivity contribution in [3.8, 4) is 0 Å². The van der Waals surface area contributed by atoms with E-state index in [9.17, 15) is 19.2 Å². The molecule has 5 aliphatic rings. The minimum atomic E-state index is -1.17. The van der Waals surface area contributed by atoms with Crippen molar-refractivity contribution >= 4 is 23.9 Å². The second-order valence-corrected chi connectivity index (χ2v) is 15.2. The summed E-state index contributed by atoms with van der Waals surface area (Å²) in [5.74, 6) is -1.38. The molecule has 0 aromatic carbocycles. The molecule has 1 saturated heterocycles. The number of carboxylic acid groups (broad SMARTS) is 1. The molecular formula is C32H48O8. The van der Waals surface area contributed by atoms with Crippen LogP contribution >= 0.6 is 0 Å². The lowest BCUT2D eigenvalue weighted by Crippen LogP contribution is -2.67. The first kappa shape index (κ1) is 29.4. The molecule has 0 amide bonds. The summed E-state index contributed by atoms with van der Waals surface area (Å²) in [4.78, 5) is 48.2. The summed E-state index contributed by atoms with van der Waals surface area (Å²) in [5, 5.41) is 9.07. The molecule has 0 aromatic rings. The highest BCUT2D eigenvalue weighted by Gasteiger charge is 2.72. The molecule has 0 radical (unpaired) electrons. The number of hydrogen-bond donors (Lipinski definition) is 1. The topological polar surface area (TPSA) is 116 Å². The average molecular weight is 561 g/mol. The van der Waals surface area contributed by atoms with Gasteiger partial charge in [-0.05, 0) is 86.4 Å². The number of rotatable bonds is 5. The highest BCUT2D eigenvalue weighted by Crippen LogP contribution is 2.76. The molecule has 0 bridgehead atoms. The second kappa shape index (κ2) is 9.45. The minimum absolute atomic E-state index is 0.0101. The van der Waals surface area contributed by atoms with Crippen molar-refractivity contribution in [1.29, 1.82) is 0 Å². The Kier molecular flexibility index (Phi) is 6.94. The van der Waals surface area contributed by atoms with Crippen LogP contribution in [0.15, 0.2) is 0 Å². The van der Waals surface area contributed by atoms with Crippen LogP contribution in [0.5, 0.6) is 0 Å². The summed E-state index contributed by atoms with van der Waals surface area (Å²) in [7, 11) is 0. The average Bonchev–Trinajstić information content (AvgIpc) is 3.37. The van der Waals surface area contributed by atoms with E-state index in [0.717, 1.165) is 38.5 Å². The number of carbonyl (C=O) groups is 4. The number of aliphatic carboxylic acids is 1. The first-order valence-corrected chi connectivity index (χ1v) is 15.3. The van der Waals surface area contributed by atoms with E-state index in [2.05, 4.69) is 41.5 Å². The molecule has 1 aliphatic heterocycles. The predicted octanol–water partition coefficient (Wildman–Crippen LogP) is 5.70. The zero-order chi connectivity index (χ0) is 29.5. The summed E-state index contributed by atoms with van der Waals surface area (Å²) >= 11 is 0. The van der Waals surface area contributed by atoms with E-state index < -0.39 is 24.0 Å². The molecule has 1 heterocycles. The van der Waals surface area contributed by atoms with Crippen molar-refractivity contribution in [2.24, 2.45) is 45.3 Å². The third-order valence-corrected chi connectivity index (χ3v) is 13.1. The number of carbonyl (C=O) groups excluding carboxylic acids is 3. The molecule has 4 aliphatic carbocycles. The highest BCUT2D eigenvalue weighted by molar-refractivity contribution is 5.90. The maximum Gasteiger partial charge on any atom is 0.317 e. The fraction of sp³-hybridized carbons (Fsp3) is 0.875. The summed E-state index contributed by atoms with van der Waals surface area (Å²) in [6.45, 7) is 15.2. The van der Waals surface area contributed by atoms with Crippen molar-refractivity contribution in [1.82, 2.24) is 0 Å². The zero-order valence-corrected chi connectivity index (χ0v) is 25.3. The van der Waals surface area contributed by atoms with E-state index in [0.29, 0.717) is 25.2 Å². The number of carboxylic acids is 1. The lowest BCUT2D eigenvalue weighted by molar-refractivity contribution is -0.252. The number of ether oxygens (including phenoxy) is 3. The molecule has 8 nitrogen and oxygen atoms in total. The Hall–Kier alpha value is -2.12. The molecule has 0 unspecified atom stereocenters. The van der Waals surface area contributed by atoms with Gasteiger partial charge >= 0.3 is 23.9 Å². The van der Waals surface area contributed by atoms with Crippen LogP contribution in [0.4, 0.5) is 0 Å². The van der Waals surface area contributed by atoms with Crippen molar-refractivity contribution in [2.45, 2.75) is 130 Å². The quantitative estimate of drug-likeness (QED) is 0.259. The van der Waals surface area contributed by atoms with Gasteiger partial charge in [0.2, 0.25) is 0 Å². The number of cyclic esters (lactones) is 1. The van der Waals surface area contributed by atoms with Gasteiger partial charge in [0.1, 0.15) is 24.2 Å². The van der Waals surface area contributed by atoms with E-state index in [-0.39, 0.29) is 63.6 Å². The molecular weight excluding hydrogens is 512 g/mol. The third kappa shape index (κ3) is 4.21. The fourth-order valence-corrected chi connectivity index (χ4v) is 11.2. The zero-order valence-electron chi connectivity index (χ0n) is 25.3. The summed E-state index contributed by atoms with van der Waals surface area (Å²) in [6.07, 6.45) is 6.32. The lowest BCUT2D eigenvalue weighted by Gasteiger charge is -2.70. The number of hydrogen-bond acceptors (Lipinski definition) is 7. The maximum absolute atomic E-state index is 12.5. The maximum atomic E-state index is 12.5. The highest BCUT2D eigenvalue weighted by atomic mass is 16.6. The van der Waals surface area contributed by atoms with E-state index in [4.69, 9.17) is 19.3 Å². The minimum Gasteiger partial charge on any atom is -0.481 e. The second-order valence-electron chi connectivity index (χ2n) is 15.2. The molecule has 5 fully saturated rings. The van der Waals surface area contributed by atoms with Gasteiger partial charge in [-0.15, -0.1) is 0 Å². The van der Waals surface area contributed by atoms with Crippen molar-refractivity contribution < 1.29 is 38.5 Å². The van der Waals surface area contributed by atoms with Gasteiger partial charge in [0.25, 0.3) is 0 Å². The largest absolute Gasteiger partial charge is 0.481 e. The molecule has 4 saturated carbocycles. The smallest absolute Gasteiger partial charge is 0.317 e. The Bertz CT molecular complexity index is 1100. The van der Waals surface area contributed by atoms with Gasteiger partial charge in [-0.2, -0.15) is 0 Å². The first-order chi connectivity index (χ1) is 18.5. The number of fused-ring (bicyclic) bond motifs is 5. The van der Waals surface area contributed by atoms with Gasteiger partial charge in [-0.3, -0.25) is 19.2 Å². The SMILES string of the molecule is CC(=O)O[C@H]1C[C@H]2[C@]3(C)CC[C@H](OC(=O)CC(=O)O)C(C)(C)[C@@H]3CC[C@]2(C)[C@@]2(C)CC[C@@H]([C@]3(C)CCC(=O)O3)[C@H]12. The van der Waals surface area contributed by atoms with Crippen LogP contribution < -0.4 is 0 Å². The van der Waals surface area contributed by atoms with Gasteiger partial charge in [-0.1, -0.05) is 34.6 Å². The fourth-order valence-electron chi connectivity index (χ4n) is 11.2. The Morgan fingerprint density at radius 1 is 0.900 bits per heavy atom. The van der Waals surface area contributed by atoms with Crippen LogP contribution in [0.2, 0.25) is 0 Å². The van der Waals surface area contributed by atoms with Crippen LogP contribution in [-0.2, 0) is 33.4 Å². The molecule has 8 heteroatoms. The molecule has 0 aromatic heterocycles. The molecule has 40 heavy (non-hydrogen) atoms. The van der Waals surface area contributed by atoms with Crippen LogP contribution in [0.3, 0.4) is 0 Å². The monoisotopic (exact) mass is 560 g/mol. The van der Waals surface area contributed by atoms with Crippen LogP contribution in [0.25, 0.3) is 0 Å². The molecule has 224 valence electrons. The summed E-state index contributed by atoms with van der Waals surface area (Å²) in [6, 6.07) is 0. The lowest BCUT2D eigenvalue weighted by atomic mass is 9.35. The van der Waals surface area contributed by atoms with Crippen molar-refractivity contribution in [2.75, 3.05) is 0 Å².